The van der Waals surface area contributed by atoms with Crippen molar-refractivity contribution in [1.82, 2.24) is 9.97 Å². The number of rotatable bonds is 3. The molecule has 2 heterocycles. The first-order valence-electron chi connectivity index (χ1n) is 5.37. The second kappa shape index (κ2) is 5.27. The Morgan fingerprint density at radius 2 is 1.65 bits per heavy atom. The molecule has 0 unspecified atom stereocenters. The van der Waals surface area contributed by atoms with Gasteiger partial charge in [-0.05, 0) is 24.3 Å². The van der Waals surface area contributed by atoms with Crippen LogP contribution in [0.15, 0.2) is 36.4 Å². The molecule has 0 aliphatic carbocycles. The van der Waals surface area contributed by atoms with Crippen LogP contribution >= 0.6 is 15.9 Å². The summed E-state index contributed by atoms with van der Waals surface area (Å²) in [4.78, 5) is 11.1. The highest BCUT2D eigenvalue weighted by Crippen LogP contribution is 2.18. The van der Waals surface area contributed by atoms with E-state index in [9.17, 15) is 0 Å². The first-order valence-corrected chi connectivity index (χ1v) is 6.49. The Morgan fingerprint density at radius 1 is 1.00 bits per heavy atom. The minimum atomic E-state index is 0.758. The third kappa shape index (κ3) is 2.82. The summed E-state index contributed by atoms with van der Waals surface area (Å²) >= 11 is 3.41. The summed E-state index contributed by atoms with van der Waals surface area (Å²) in [6, 6.07) is 11.9. The molecular weight excluding hydrogens is 278 g/mol. The van der Waals surface area contributed by atoms with E-state index in [1.54, 1.807) is 0 Å². The van der Waals surface area contributed by atoms with Crippen LogP contribution < -0.4 is 4.90 Å². The van der Waals surface area contributed by atoms with Gasteiger partial charge in [0.05, 0.1) is 17.1 Å². The SMILES string of the molecule is CN(C)c1cccc(-c2cccc(CBr)n2)n1. The highest BCUT2D eigenvalue weighted by molar-refractivity contribution is 9.08. The van der Waals surface area contributed by atoms with E-state index >= 15 is 0 Å². The standard InChI is InChI=1S/C13H14BrN3/c1-17(2)13-8-4-7-12(16-13)11-6-3-5-10(9-14)15-11/h3-8H,9H2,1-2H3. The molecule has 0 saturated carbocycles. The molecule has 0 radical (unpaired) electrons. The van der Waals surface area contributed by atoms with E-state index in [1.165, 1.54) is 0 Å². The average molecular weight is 292 g/mol. The highest BCUT2D eigenvalue weighted by Gasteiger charge is 2.04. The average Bonchev–Trinajstić information content (AvgIpc) is 2.39. The van der Waals surface area contributed by atoms with Crippen LogP contribution in [0.5, 0.6) is 0 Å². The lowest BCUT2D eigenvalue weighted by molar-refractivity contribution is 1.06. The van der Waals surface area contributed by atoms with Crippen molar-refractivity contribution in [3.05, 3.63) is 42.1 Å². The third-order valence-corrected chi connectivity index (χ3v) is 2.97. The van der Waals surface area contributed by atoms with Crippen molar-refractivity contribution in [2.45, 2.75) is 5.33 Å². The lowest BCUT2D eigenvalue weighted by atomic mass is 10.2. The molecule has 3 nitrogen and oxygen atoms in total. The van der Waals surface area contributed by atoms with Crippen LogP contribution in [0.3, 0.4) is 0 Å². The van der Waals surface area contributed by atoms with Gasteiger partial charge in [0.1, 0.15) is 5.82 Å². The van der Waals surface area contributed by atoms with Crippen molar-refractivity contribution < 1.29 is 0 Å². The van der Waals surface area contributed by atoms with Crippen LogP contribution in [0.2, 0.25) is 0 Å². The Labute approximate surface area is 110 Å². The Bertz CT molecular complexity index is 512. The van der Waals surface area contributed by atoms with Crippen molar-refractivity contribution in [3.8, 4) is 11.4 Å². The fourth-order valence-corrected chi connectivity index (χ4v) is 1.82. The third-order valence-electron chi connectivity index (χ3n) is 2.40. The van der Waals surface area contributed by atoms with E-state index in [0.29, 0.717) is 0 Å². The van der Waals surface area contributed by atoms with Gasteiger partial charge in [0.15, 0.2) is 0 Å². The van der Waals surface area contributed by atoms with Crippen LogP contribution in [0.1, 0.15) is 5.69 Å². The van der Waals surface area contributed by atoms with Crippen molar-refractivity contribution in [1.29, 1.82) is 0 Å². The van der Waals surface area contributed by atoms with Gasteiger partial charge >= 0.3 is 0 Å². The monoisotopic (exact) mass is 291 g/mol. The van der Waals surface area contributed by atoms with Crippen molar-refractivity contribution in [2.24, 2.45) is 0 Å². The lowest BCUT2D eigenvalue weighted by Crippen LogP contribution is -2.10. The molecule has 0 aliphatic heterocycles. The number of halogens is 1. The second-order valence-corrected chi connectivity index (χ2v) is 4.48. The van der Waals surface area contributed by atoms with Crippen LogP contribution in [0, 0.1) is 0 Å². The van der Waals surface area contributed by atoms with Crippen molar-refractivity contribution in [2.75, 3.05) is 19.0 Å². The zero-order valence-electron chi connectivity index (χ0n) is 9.89. The second-order valence-electron chi connectivity index (χ2n) is 3.92. The molecule has 2 aromatic heterocycles. The van der Waals surface area contributed by atoms with E-state index in [2.05, 4.69) is 25.9 Å². The topological polar surface area (TPSA) is 29.0 Å². The number of anilines is 1. The summed E-state index contributed by atoms with van der Waals surface area (Å²) in [5.74, 6) is 0.938. The van der Waals surface area contributed by atoms with E-state index in [0.717, 1.165) is 28.2 Å². The lowest BCUT2D eigenvalue weighted by Gasteiger charge is -2.12. The molecule has 0 N–H and O–H groups in total. The van der Waals surface area contributed by atoms with Crippen LogP contribution in [-0.4, -0.2) is 24.1 Å². The number of nitrogens with zero attached hydrogens (tertiary/aromatic N) is 3. The number of hydrogen-bond donors (Lipinski definition) is 0. The maximum Gasteiger partial charge on any atom is 0.128 e. The quantitative estimate of drug-likeness (QED) is 0.814. The minimum Gasteiger partial charge on any atom is -0.363 e. The molecule has 17 heavy (non-hydrogen) atoms. The minimum absolute atomic E-state index is 0.758. The van der Waals surface area contributed by atoms with E-state index in [4.69, 9.17) is 0 Å². The highest BCUT2D eigenvalue weighted by atomic mass is 79.9. The van der Waals surface area contributed by atoms with Crippen LogP contribution in [0.4, 0.5) is 5.82 Å². The fraction of sp³-hybridized carbons (Fsp3) is 0.231. The molecule has 0 spiro atoms. The van der Waals surface area contributed by atoms with E-state index in [1.807, 2.05) is 55.4 Å². The van der Waals surface area contributed by atoms with Crippen molar-refractivity contribution >= 4 is 21.7 Å². The smallest absolute Gasteiger partial charge is 0.128 e. The van der Waals surface area contributed by atoms with Gasteiger partial charge < -0.3 is 4.90 Å². The molecule has 2 aromatic rings. The molecule has 2 rings (SSSR count). The summed E-state index contributed by atoms with van der Waals surface area (Å²) in [5.41, 5.74) is 2.82. The van der Waals surface area contributed by atoms with Crippen LogP contribution in [0.25, 0.3) is 11.4 Å². The molecule has 0 aromatic carbocycles. The maximum atomic E-state index is 4.57. The molecule has 88 valence electrons. The summed E-state index contributed by atoms with van der Waals surface area (Å²) in [6.45, 7) is 0. The van der Waals surface area contributed by atoms with Gasteiger partial charge in [-0.3, -0.25) is 4.98 Å². The first-order chi connectivity index (χ1) is 8.20. The molecule has 4 heteroatoms. The van der Waals surface area contributed by atoms with Gasteiger partial charge in [-0.2, -0.15) is 0 Å². The molecular formula is C13H14BrN3. The van der Waals surface area contributed by atoms with Crippen molar-refractivity contribution in [3.63, 3.8) is 0 Å². The Kier molecular flexibility index (Phi) is 3.74. The number of aromatic nitrogens is 2. The Morgan fingerprint density at radius 3 is 2.29 bits per heavy atom. The zero-order valence-corrected chi connectivity index (χ0v) is 11.5. The summed E-state index contributed by atoms with van der Waals surface area (Å²) in [5, 5.41) is 0.758. The molecule has 0 aliphatic rings. The molecule has 0 amide bonds. The number of alkyl halides is 1. The van der Waals surface area contributed by atoms with E-state index < -0.39 is 0 Å². The molecule has 0 atom stereocenters. The summed E-state index contributed by atoms with van der Waals surface area (Å²) in [6.07, 6.45) is 0. The maximum absolute atomic E-state index is 4.57. The molecule has 0 saturated heterocycles. The predicted molar refractivity (Wildman–Crippen MR) is 74.4 cm³/mol. The normalized spacial score (nSPS) is 10.3. The van der Waals surface area contributed by atoms with E-state index in [-0.39, 0.29) is 0 Å². The zero-order chi connectivity index (χ0) is 12.3. The fourth-order valence-electron chi connectivity index (χ4n) is 1.51. The van der Waals surface area contributed by atoms with Gasteiger partial charge in [-0.25, -0.2) is 4.98 Å². The Hall–Kier alpha value is -1.42. The van der Waals surface area contributed by atoms with Gasteiger partial charge in [0.2, 0.25) is 0 Å². The first kappa shape index (κ1) is 12.0. The summed E-state index contributed by atoms with van der Waals surface area (Å²) in [7, 11) is 3.96. The number of pyridine rings is 2. The van der Waals surface area contributed by atoms with Gasteiger partial charge in [0.25, 0.3) is 0 Å². The van der Waals surface area contributed by atoms with Crippen LogP contribution in [-0.2, 0) is 5.33 Å². The largest absolute Gasteiger partial charge is 0.363 e. The Balaban J connectivity index is 2.41. The van der Waals surface area contributed by atoms with Gasteiger partial charge in [0, 0.05) is 19.4 Å². The molecule has 0 fully saturated rings. The predicted octanol–water partition coefficient (Wildman–Crippen LogP) is 3.10. The molecule has 0 bridgehead atoms. The summed E-state index contributed by atoms with van der Waals surface area (Å²) < 4.78 is 0. The van der Waals surface area contributed by atoms with Gasteiger partial charge in [-0.1, -0.05) is 28.1 Å². The van der Waals surface area contributed by atoms with Gasteiger partial charge in [-0.15, -0.1) is 0 Å². The number of hydrogen-bond acceptors (Lipinski definition) is 3.